The SMILES string of the molecule is CCC(C(=O)NCC(C)C)N(Cc1ccc(Cl)cc1Cl)C(=O)CN(c1ccccc1)S(C)(=O)=O. The van der Waals surface area contributed by atoms with Crippen LogP contribution in [0, 0.1) is 5.92 Å². The van der Waals surface area contributed by atoms with E-state index in [9.17, 15) is 18.0 Å². The second kappa shape index (κ2) is 12.4. The number of para-hydroxylation sites is 1. The fraction of sp³-hybridized carbons (Fsp3) is 0.417. The fourth-order valence-corrected chi connectivity index (χ4v) is 4.70. The number of hydrogen-bond acceptors (Lipinski definition) is 4. The van der Waals surface area contributed by atoms with Crippen molar-refractivity contribution in [1.29, 1.82) is 0 Å². The van der Waals surface area contributed by atoms with Gasteiger partial charge in [0.2, 0.25) is 21.8 Å². The minimum absolute atomic E-state index is 0.0227. The molecule has 0 spiro atoms. The highest BCUT2D eigenvalue weighted by Gasteiger charge is 2.32. The number of carbonyl (C=O) groups is 2. The van der Waals surface area contributed by atoms with Crippen molar-refractivity contribution in [2.45, 2.75) is 39.8 Å². The van der Waals surface area contributed by atoms with Gasteiger partial charge in [0.05, 0.1) is 11.9 Å². The molecule has 10 heteroatoms. The third-order valence-electron chi connectivity index (χ3n) is 5.15. The number of nitrogens with one attached hydrogen (secondary N) is 1. The Hall–Kier alpha value is -2.29. The van der Waals surface area contributed by atoms with Crippen molar-refractivity contribution >= 4 is 50.7 Å². The molecule has 0 aliphatic carbocycles. The number of rotatable bonds is 11. The minimum Gasteiger partial charge on any atom is -0.354 e. The molecule has 0 aliphatic heterocycles. The topological polar surface area (TPSA) is 86.8 Å². The van der Waals surface area contributed by atoms with Crippen LogP contribution < -0.4 is 9.62 Å². The number of benzene rings is 2. The van der Waals surface area contributed by atoms with E-state index in [1.165, 1.54) is 4.90 Å². The monoisotopic (exact) mass is 527 g/mol. The summed E-state index contributed by atoms with van der Waals surface area (Å²) in [5.41, 5.74) is 0.959. The predicted molar refractivity (Wildman–Crippen MR) is 138 cm³/mol. The first-order valence-corrected chi connectivity index (χ1v) is 13.6. The van der Waals surface area contributed by atoms with E-state index >= 15 is 0 Å². The zero-order chi connectivity index (χ0) is 25.5. The lowest BCUT2D eigenvalue weighted by Crippen LogP contribution is -2.52. The molecule has 2 rings (SSSR count). The molecule has 0 saturated carbocycles. The highest BCUT2D eigenvalue weighted by atomic mass is 35.5. The molecule has 0 saturated heterocycles. The number of carbonyl (C=O) groups excluding carboxylic acids is 2. The van der Waals surface area contributed by atoms with Crippen LogP contribution in [0.5, 0.6) is 0 Å². The molecule has 0 aliphatic rings. The van der Waals surface area contributed by atoms with E-state index in [0.717, 1.165) is 10.6 Å². The van der Waals surface area contributed by atoms with Crippen LogP contribution in [-0.2, 0) is 26.2 Å². The molecule has 0 bridgehead atoms. The summed E-state index contributed by atoms with van der Waals surface area (Å²) in [5.74, 6) is -0.595. The lowest BCUT2D eigenvalue weighted by molar-refractivity contribution is -0.140. The molecular formula is C24H31Cl2N3O4S. The van der Waals surface area contributed by atoms with E-state index in [0.29, 0.717) is 34.3 Å². The van der Waals surface area contributed by atoms with Crippen LogP contribution in [0.4, 0.5) is 5.69 Å². The maximum absolute atomic E-state index is 13.6. The van der Waals surface area contributed by atoms with Crippen LogP contribution >= 0.6 is 23.2 Å². The van der Waals surface area contributed by atoms with Crippen molar-refractivity contribution in [3.8, 4) is 0 Å². The van der Waals surface area contributed by atoms with Gasteiger partial charge in [-0.3, -0.25) is 13.9 Å². The van der Waals surface area contributed by atoms with Gasteiger partial charge >= 0.3 is 0 Å². The van der Waals surface area contributed by atoms with Crippen molar-refractivity contribution < 1.29 is 18.0 Å². The summed E-state index contributed by atoms with van der Waals surface area (Å²) in [6.45, 7) is 5.77. The van der Waals surface area contributed by atoms with E-state index in [1.54, 1.807) is 55.5 Å². The van der Waals surface area contributed by atoms with Gasteiger partial charge in [0.1, 0.15) is 12.6 Å². The van der Waals surface area contributed by atoms with Crippen LogP contribution in [-0.4, -0.2) is 50.5 Å². The number of anilines is 1. The van der Waals surface area contributed by atoms with E-state index in [4.69, 9.17) is 23.2 Å². The van der Waals surface area contributed by atoms with Gasteiger partial charge in [-0.25, -0.2) is 8.42 Å². The Morgan fingerprint density at radius 3 is 2.24 bits per heavy atom. The summed E-state index contributed by atoms with van der Waals surface area (Å²) in [4.78, 5) is 28.0. The van der Waals surface area contributed by atoms with Gasteiger partial charge in [0.15, 0.2) is 0 Å². The summed E-state index contributed by atoms with van der Waals surface area (Å²) in [6.07, 6.45) is 1.38. The molecular weight excluding hydrogens is 497 g/mol. The van der Waals surface area contributed by atoms with Gasteiger partial charge in [-0.2, -0.15) is 0 Å². The molecule has 2 amide bonds. The van der Waals surface area contributed by atoms with Gasteiger partial charge < -0.3 is 10.2 Å². The summed E-state index contributed by atoms with van der Waals surface area (Å²) in [7, 11) is -3.77. The van der Waals surface area contributed by atoms with E-state index in [1.807, 2.05) is 13.8 Å². The zero-order valence-electron chi connectivity index (χ0n) is 19.8. The third kappa shape index (κ3) is 7.89. The Kier molecular flexibility index (Phi) is 10.2. The molecule has 1 atom stereocenters. The Bertz CT molecular complexity index is 1090. The van der Waals surface area contributed by atoms with Crippen LogP contribution in [0.1, 0.15) is 32.8 Å². The lowest BCUT2D eigenvalue weighted by Gasteiger charge is -2.33. The number of amides is 2. The van der Waals surface area contributed by atoms with Crippen LogP contribution in [0.25, 0.3) is 0 Å². The normalized spacial score (nSPS) is 12.3. The molecule has 34 heavy (non-hydrogen) atoms. The Labute approximate surface area is 212 Å². The first-order valence-electron chi connectivity index (χ1n) is 11.0. The zero-order valence-corrected chi connectivity index (χ0v) is 22.1. The van der Waals surface area contributed by atoms with Crippen molar-refractivity contribution in [1.82, 2.24) is 10.2 Å². The molecule has 1 unspecified atom stereocenters. The van der Waals surface area contributed by atoms with Crippen LogP contribution in [0.2, 0.25) is 10.0 Å². The molecule has 2 aromatic carbocycles. The fourth-order valence-electron chi connectivity index (χ4n) is 3.38. The van der Waals surface area contributed by atoms with Gasteiger partial charge in [-0.15, -0.1) is 0 Å². The molecule has 1 N–H and O–H groups in total. The number of sulfonamides is 1. The second-order valence-electron chi connectivity index (χ2n) is 8.43. The van der Waals surface area contributed by atoms with E-state index in [2.05, 4.69) is 5.32 Å². The van der Waals surface area contributed by atoms with Gasteiger partial charge in [0.25, 0.3) is 0 Å². The van der Waals surface area contributed by atoms with Crippen molar-refractivity contribution in [2.24, 2.45) is 5.92 Å². The average Bonchev–Trinajstić information content (AvgIpc) is 2.76. The first-order chi connectivity index (χ1) is 15.9. The average molecular weight is 529 g/mol. The third-order valence-corrected chi connectivity index (χ3v) is 6.88. The van der Waals surface area contributed by atoms with Crippen molar-refractivity contribution in [2.75, 3.05) is 23.7 Å². The molecule has 0 heterocycles. The highest BCUT2D eigenvalue weighted by molar-refractivity contribution is 7.92. The molecule has 0 fully saturated rings. The number of hydrogen-bond donors (Lipinski definition) is 1. The maximum Gasteiger partial charge on any atom is 0.244 e. The summed E-state index contributed by atoms with van der Waals surface area (Å²) >= 11 is 12.4. The Morgan fingerprint density at radius 2 is 1.71 bits per heavy atom. The second-order valence-corrected chi connectivity index (χ2v) is 11.2. The number of halogens is 2. The standard InChI is InChI=1S/C24H31Cl2N3O4S/c1-5-22(24(31)27-14-17(2)3)28(15-18-11-12-19(25)13-21(18)26)23(30)16-29(34(4,32)33)20-9-7-6-8-10-20/h6-13,17,22H,5,14-16H2,1-4H3,(H,27,31). The molecule has 186 valence electrons. The van der Waals surface area contributed by atoms with Gasteiger partial charge in [0, 0.05) is 23.1 Å². The maximum atomic E-state index is 13.6. The summed E-state index contributed by atoms with van der Waals surface area (Å²) < 4.78 is 26.1. The summed E-state index contributed by atoms with van der Waals surface area (Å²) in [5, 5.41) is 3.67. The van der Waals surface area contributed by atoms with Gasteiger partial charge in [-0.1, -0.05) is 68.2 Å². The van der Waals surface area contributed by atoms with Gasteiger partial charge in [-0.05, 0) is 42.2 Å². The lowest BCUT2D eigenvalue weighted by atomic mass is 10.1. The quantitative estimate of drug-likeness (QED) is 0.470. The smallest absolute Gasteiger partial charge is 0.244 e. The van der Waals surface area contributed by atoms with Crippen molar-refractivity contribution in [3.63, 3.8) is 0 Å². The Morgan fingerprint density at radius 1 is 1.06 bits per heavy atom. The van der Waals surface area contributed by atoms with Crippen molar-refractivity contribution in [3.05, 3.63) is 64.1 Å². The predicted octanol–water partition coefficient (Wildman–Crippen LogP) is 4.34. The van der Waals surface area contributed by atoms with E-state index < -0.39 is 28.5 Å². The molecule has 2 aromatic rings. The highest BCUT2D eigenvalue weighted by Crippen LogP contribution is 2.25. The summed E-state index contributed by atoms with van der Waals surface area (Å²) in [6, 6.07) is 12.5. The van der Waals surface area contributed by atoms with Crippen LogP contribution in [0.15, 0.2) is 48.5 Å². The van der Waals surface area contributed by atoms with Crippen LogP contribution in [0.3, 0.4) is 0 Å². The Balaban J connectivity index is 2.43. The minimum atomic E-state index is -3.77. The number of nitrogens with zero attached hydrogens (tertiary/aromatic N) is 2. The van der Waals surface area contributed by atoms with E-state index in [-0.39, 0.29) is 18.4 Å². The largest absolute Gasteiger partial charge is 0.354 e. The molecule has 0 aromatic heterocycles. The molecule has 0 radical (unpaired) electrons. The first kappa shape index (κ1) is 28.0. The molecule has 7 nitrogen and oxygen atoms in total.